The summed E-state index contributed by atoms with van der Waals surface area (Å²) in [4.78, 5) is 11.2. The van der Waals surface area contributed by atoms with Crippen molar-refractivity contribution in [3.05, 3.63) is 28.8 Å². The van der Waals surface area contributed by atoms with Gasteiger partial charge in [-0.25, -0.2) is 0 Å². The predicted molar refractivity (Wildman–Crippen MR) is 63.5 cm³/mol. The van der Waals surface area contributed by atoms with Gasteiger partial charge >= 0.3 is 0 Å². The Bertz CT molecular complexity index is 380. The summed E-state index contributed by atoms with van der Waals surface area (Å²) in [5.74, 6) is 0.485. The van der Waals surface area contributed by atoms with E-state index in [2.05, 4.69) is 5.32 Å². The lowest BCUT2D eigenvalue weighted by Crippen LogP contribution is -2.37. The number of benzene rings is 1. The summed E-state index contributed by atoms with van der Waals surface area (Å²) in [6.45, 7) is 1.99. The largest absolute Gasteiger partial charge is 0.497 e. The van der Waals surface area contributed by atoms with Crippen LogP contribution in [0, 0.1) is 0 Å². The van der Waals surface area contributed by atoms with Crippen LogP contribution in [0.5, 0.6) is 5.75 Å². The minimum atomic E-state index is -0.517. The molecule has 0 bridgehead atoms. The average molecular weight is 243 g/mol. The summed E-state index contributed by atoms with van der Waals surface area (Å²) in [6.07, 6.45) is 0. The van der Waals surface area contributed by atoms with Crippen molar-refractivity contribution >= 4 is 17.5 Å². The second-order valence-electron chi connectivity index (χ2n) is 3.46. The number of halogens is 1. The van der Waals surface area contributed by atoms with E-state index in [0.717, 1.165) is 5.56 Å². The van der Waals surface area contributed by atoms with E-state index < -0.39 is 6.04 Å². The smallest absolute Gasteiger partial charge is 0.236 e. The summed E-state index contributed by atoms with van der Waals surface area (Å²) in [5, 5.41) is 3.25. The third-order valence-corrected chi connectivity index (χ3v) is 2.48. The summed E-state index contributed by atoms with van der Waals surface area (Å²) in [5.41, 5.74) is 6.25. The molecule has 0 aliphatic carbocycles. The molecule has 1 rings (SSSR count). The van der Waals surface area contributed by atoms with Gasteiger partial charge in [-0.2, -0.15) is 0 Å². The number of methoxy groups -OCH3 is 1. The van der Waals surface area contributed by atoms with Crippen molar-refractivity contribution in [2.75, 3.05) is 7.11 Å². The normalized spacial score (nSPS) is 12.0. The molecule has 1 amide bonds. The van der Waals surface area contributed by atoms with Crippen LogP contribution in [0.4, 0.5) is 0 Å². The van der Waals surface area contributed by atoms with Gasteiger partial charge in [-0.3, -0.25) is 4.79 Å². The highest BCUT2D eigenvalue weighted by molar-refractivity contribution is 6.31. The summed E-state index contributed by atoms with van der Waals surface area (Å²) < 4.78 is 5.02. The van der Waals surface area contributed by atoms with E-state index in [1.54, 1.807) is 26.2 Å². The molecule has 0 saturated carbocycles. The van der Waals surface area contributed by atoms with Crippen LogP contribution in [0.25, 0.3) is 0 Å². The Morgan fingerprint density at radius 2 is 2.31 bits per heavy atom. The van der Waals surface area contributed by atoms with Crippen LogP contribution >= 0.6 is 11.6 Å². The standard InChI is InChI=1S/C11H15ClN2O2/c1-7(13)11(15)14-6-8-3-4-9(16-2)5-10(8)12/h3-5,7H,6,13H2,1-2H3,(H,14,15). The monoisotopic (exact) mass is 242 g/mol. The number of hydrogen-bond acceptors (Lipinski definition) is 3. The SMILES string of the molecule is COc1ccc(CNC(=O)C(C)N)c(Cl)c1. The molecule has 4 nitrogen and oxygen atoms in total. The number of nitrogens with two attached hydrogens (primary N) is 1. The van der Waals surface area contributed by atoms with Crippen molar-refractivity contribution < 1.29 is 9.53 Å². The van der Waals surface area contributed by atoms with E-state index in [-0.39, 0.29) is 5.91 Å². The molecule has 0 fully saturated rings. The minimum absolute atomic E-state index is 0.202. The van der Waals surface area contributed by atoms with Crippen molar-refractivity contribution in [3.63, 3.8) is 0 Å². The van der Waals surface area contributed by atoms with Crippen LogP contribution < -0.4 is 15.8 Å². The molecule has 0 radical (unpaired) electrons. The van der Waals surface area contributed by atoms with E-state index >= 15 is 0 Å². The van der Waals surface area contributed by atoms with Crippen molar-refractivity contribution in [1.82, 2.24) is 5.32 Å². The summed E-state index contributed by atoms with van der Waals surface area (Å²) >= 11 is 6.01. The first-order valence-corrected chi connectivity index (χ1v) is 5.28. The molecule has 1 aromatic carbocycles. The van der Waals surface area contributed by atoms with E-state index in [4.69, 9.17) is 22.1 Å². The molecule has 0 aliphatic rings. The zero-order chi connectivity index (χ0) is 12.1. The first-order valence-electron chi connectivity index (χ1n) is 4.90. The van der Waals surface area contributed by atoms with Crippen molar-refractivity contribution in [3.8, 4) is 5.75 Å². The molecule has 16 heavy (non-hydrogen) atoms. The molecule has 1 aromatic rings. The molecule has 0 heterocycles. The molecule has 0 spiro atoms. The zero-order valence-corrected chi connectivity index (χ0v) is 10.0. The van der Waals surface area contributed by atoms with Gasteiger partial charge in [-0.05, 0) is 24.6 Å². The van der Waals surface area contributed by atoms with Gasteiger partial charge in [0.25, 0.3) is 0 Å². The van der Waals surface area contributed by atoms with Gasteiger partial charge in [-0.1, -0.05) is 17.7 Å². The van der Waals surface area contributed by atoms with E-state index in [0.29, 0.717) is 17.3 Å². The lowest BCUT2D eigenvalue weighted by molar-refractivity contribution is -0.122. The van der Waals surface area contributed by atoms with Crippen LogP contribution in [0.1, 0.15) is 12.5 Å². The quantitative estimate of drug-likeness (QED) is 0.837. The first-order chi connectivity index (χ1) is 7.54. The molecule has 1 unspecified atom stereocenters. The minimum Gasteiger partial charge on any atom is -0.497 e. The number of nitrogens with one attached hydrogen (secondary N) is 1. The second kappa shape index (κ2) is 5.72. The molecule has 5 heteroatoms. The van der Waals surface area contributed by atoms with Gasteiger partial charge in [0.15, 0.2) is 0 Å². The highest BCUT2D eigenvalue weighted by Gasteiger charge is 2.08. The number of amides is 1. The van der Waals surface area contributed by atoms with Crippen LogP contribution in [0.15, 0.2) is 18.2 Å². The van der Waals surface area contributed by atoms with E-state index in [9.17, 15) is 4.79 Å². The maximum Gasteiger partial charge on any atom is 0.236 e. The van der Waals surface area contributed by atoms with Gasteiger partial charge in [0.05, 0.1) is 13.2 Å². The highest BCUT2D eigenvalue weighted by Crippen LogP contribution is 2.22. The number of hydrogen-bond donors (Lipinski definition) is 2. The van der Waals surface area contributed by atoms with Crippen molar-refractivity contribution in [1.29, 1.82) is 0 Å². The number of carbonyl (C=O) groups is 1. The third-order valence-electron chi connectivity index (χ3n) is 2.13. The molecule has 88 valence electrons. The Balaban J connectivity index is 2.64. The van der Waals surface area contributed by atoms with Crippen LogP contribution in [-0.4, -0.2) is 19.1 Å². The molecular weight excluding hydrogens is 228 g/mol. The van der Waals surface area contributed by atoms with E-state index in [1.165, 1.54) is 0 Å². The Morgan fingerprint density at radius 1 is 1.62 bits per heavy atom. The summed E-state index contributed by atoms with van der Waals surface area (Å²) in [6, 6.07) is 4.79. The van der Waals surface area contributed by atoms with Gasteiger partial charge in [0, 0.05) is 11.6 Å². The number of rotatable bonds is 4. The Morgan fingerprint density at radius 3 is 2.81 bits per heavy atom. The summed E-state index contributed by atoms with van der Waals surface area (Å²) in [7, 11) is 1.57. The average Bonchev–Trinajstić information content (AvgIpc) is 2.26. The Hall–Kier alpha value is -1.26. The van der Waals surface area contributed by atoms with Gasteiger partial charge < -0.3 is 15.8 Å². The maximum absolute atomic E-state index is 11.2. The van der Waals surface area contributed by atoms with Gasteiger partial charge in [0.2, 0.25) is 5.91 Å². The van der Waals surface area contributed by atoms with Gasteiger partial charge in [-0.15, -0.1) is 0 Å². The zero-order valence-electron chi connectivity index (χ0n) is 9.29. The maximum atomic E-state index is 11.2. The molecule has 0 saturated heterocycles. The van der Waals surface area contributed by atoms with Crippen LogP contribution in [0.3, 0.4) is 0 Å². The fourth-order valence-electron chi connectivity index (χ4n) is 1.14. The van der Waals surface area contributed by atoms with Crippen LogP contribution in [-0.2, 0) is 11.3 Å². The number of carbonyl (C=O) groups excluding carboxylic acids is 1. The molecule has 1 atom stereocenters. The van der Waals surface area contributed by atoms with Gasteiger partial charge in [0.1, 0.15) is 5.75 Å². The van der Waals surface area contributed by atoms with Crippen molar-refractivity contribution in [2.45, 2.75) is 19.5 Å². The topological polar surface area (TPSA) is 64.3 Å². The fraction of sp³-hybridized carbons (Fsp3) is 0.364. The number of ether oxygens (including phenoxy) is 1. The third kappa shape index (κ3) is 3.40. The molecule has 0 aliphatic heterocycles. The predicted octanol–water partition coefficient (Wildman–Crippen LogP) is 1.31. The van der Waals surface area contributed by atoms with Crippen molar-refractivity contribution in [2.24, 2.45) is 5.73 Å². The van der Waals surface area contributed by atoms with E-state index in [1.807, 2.05) is 6.07 Å². The molecule has 3 N–H and O–H groups in total. The first kappa shape index (κ1) is 12.8. The Kier molecular flexibility index (Phi) is 4.58. The molecule has 0 aromatic heterocycles. The lowest BCUT2D eigenvalue weighted by atomic mass is 10.2. The van der Waals surface area contributed by atoms with Crippen LogP contribution in [0.2, 0.25) is 5.02 Å². The fourth-order valence-corrected chi connectivity index (χ4v) is 1.38. The Labute approximate surface area is 99.7 Å². The molecular formula is C11H15ClN2O2. The second-order valence-corrected chi connectivity index (χ2v) is 3.87. The lowest BCUT2D eigenvalue weighted by Gasteiger charge is -2.09. The highest BCUT2D eigenvalue weighted by atomic mass is 35.5.